The molecule has 0 saturated heterocycles. The van der Waals surface area contributed by atoms with Crippen molar-refractivity contribution in [2.45, 2.75) is 12.8 Å². The molecule has 0 saturated carbocycles. The highest BCUT2D eigenvalue weighted by Crippen LogP contribution is 2.42. The molecule has 2 heterocycles. The van der Waals surface area contributed by atoms with Gasteiger partial charge in [0.1, 0.15) is 11.2 Å². The van der Waals surface area contributed by atoms with Crippen LogP contribution < -0.4 is 4.90 Å². The number of para-hydroxylation sites is 2. The highest BCUT2D eigenvalue weighted by atomic mass is 16.3. The summed E-state index contributed by atoms with van der Waals surface area (Å²) in [7, 11) is 0. The SMILES string of the molecule is C1=CC(c2ccc(N(c3ccc(-c4ccc(-n5c6ccccc6c6c7ccccc7ccc65)cc4)cc3)c3cccc(-c4cccc5oc6ccccc6c45)c3)cc2)=CCC1. The Kier molecular flexibility index (Phi) is 8.31. The van der Waals surface area contributed by atoms with Gasteiger partial charge >= 0.3 is 0 Å². The van der Waals surface area contributed by atoms with Crippen molar-refractivity contribution >= 4 is 77.2 Å². The van der Waals surface area contributed by atoms with E-state index in [1.807, 2.05) is 12.1 Å². The minimum absolute atomic E-state index is 0.898. The van der Waals surface area contributed by atoms with Gasteiger partial charge in [0.25, 0.3) is 0 Å². The van der Waals surface area contributed by atoms with Gasteiger partial charge in [-0.05, 0) is 130 Å². The fourth-order valence-corrected chi connectivity index (χ4v) is 9.53. The highest BCUT2D eigenvalue weighted by molar-refractivity contribution is 6.21. The van der Waals surface area contributed by atoms with Crippen LogP contribution in [0.25, 0.3) is 88.0 Å². The molecular formula is C58H40N2O. The number of allylic oxidation sites excluding steroid dienone is 4. The molecule has 61 heavy (non-hydrogen) atoms. The first-order valence-corrected chi connectivity index (χ1v) is 21.1. The Hall–Kier alpha value is -7.88. The third-order valence-corrected chi connectivity index (χ3v) is 12.4. The largest absolute Gasteiger partial charge is 0.456 e. The molecule has 1 aliphatic rings. The first-order chi connectivity index (χ1) is 30.2. The second kappa shape index (κ2) is 14.4. The van der Waals surface area contributed by atoms with Gasteiger partial charge in [0, 0.05) is 44.3 Å². The fourth-order valence-electron chi connectivity index (χ4n) is 9.53. The minimum Gasteiger partial charge on any atom is -0.456 e. The van der Waals surface area contributed by atoms with Crippen molar-refractivity contribution in [3.63, 3.8) is 0 Å². The summed E-state index contributed by atoms with van der Waals surface area (Å²) in [5.74, 6) is 0. The Labute approximate surface area is 354 Å². The quantitative estimate of drug-likeness (QED) is 0.161. The number of anilines is 3. The molecule has 288 valence electrons. The van der Waals surface area contributed by atoms with Gasteiger partial charge in [-0.25, -0.2) is 0 Å². The minimum atomic E-state index is 0.898. The Bertz CT molecular complexity index is 3510. The molecule has 0 N–H and O–H groups in total. The fraction of sp³-hybridized carbons (Fsp3) is 0.0345. The smallest absolute Gasteiger partial charge is 0.136 e. The molecule has 12 rings (SSSR count). The molecule has 0 radical (unpaired) electrons. The van der Waals surface area contributed by atoms with Crippen LogP contribution in [0.4, 0.5) is 17.1 Å². The molecule has 3 nitrogen and oxygen atoms in total. The molecule has 0 spiro atoms. The Balaban J connectivity index is 0.925. The zero-order valence-corrected chi connectivity index (χ0v) is 33.5. The second-order valence-electron chi connectivity index (χ2n) is 16.0. The van der Waals surface area contributed by atoms with Crippen molar-refractivity contribution < 1.29 is 4.42 Å². The molecule has 0 atom stereocenters. The van der Waals surface area contributed by atoms with Crippen LogP contribution in [0.15, 0.2) is 223 Å². The van der Waals surface area contributed by atoms with E-state index in [1.54, 1.807) is 0 Å². The molecular weight excluding hydrogens is 741 g/mol. The first-order valence-electron chi connectivity index (χ1n) is 21.1. The first kappa shape index (κ1) is 35.1. The summed E-state index contributed by atoms with van der Waals surface area (Å²) in [5, 5.41) is 7.38. The van der Waals surface area contributed by atoms with E-state index >= 15 is 0 Å². The van der Waals surface area contributed by atoms with Crippen LogP contribution in [0, 0.1) is 0 Å². The van der Waals surface area contributed by atoms with Crippen molar-refractivity contribution in [3.05, 3.63) is 224 Å². The molecule has 0 unspecified atom stereocenters. The van der Waals surface area contributed by atoms with Crippen LogP contribution >= 0.6 is 0 Å². The van der Waals surface area contributed by atoms with Gasteiger partial charge in [0.2, 0.25) is 0 Å². The lowest BCUT2D eigenvalue weighted by molar-refractivity contribution is 0.669. The summed E-state index contributed by atoms with van der Waals surface area (Å²) >= 11 is 0. The van der Waals surface area contributed by atoms with Gasteiger partial charge in [0.05, 0.1) is 11.0 Å². The third-order valence-electron chi connectivity index (χ3n) is 12.4. The van der Waals surface area contributed by atoms with E-state index < -0.39 is 0 Å². The van der Waals surface area contributed by atoms with Crippen LogP contribution in [-0.4, -0.2) is 4.57 Å². The number of hydrogen-bond donors (Lipinski definition) is 0. The number of hydrogen-bond acceptors (Lipinski definition) is 2. The maximum atomic E-state index is 6.29. The Morgan fingerprint density at radius 1 is 0.426 bits per heavy atom. The zero-order chi connectivity index (χ0) is 40.3. The summed E-state index contributed by atoms with van der Waals surface area (Å²) in [6.07, 6.45) is 9.04. The molecule has 0 aliphatic heterocycles. The van der Waals surface area contributed by atoms with E-state index in [2.05, 4.69) is 216 Å². The predicted octanol–water partition coefficient (Wildman–Crippen LogP) is 16.4. The Morgan fingerprint density at radius 2 is 1.10 bits per heavy atom. The lowest BCUT2D eigenvalue weighted by Crippen LogP contribution is -2.10. The molecule has 9 aromatic carbocycles. The summed E-state index contributed by atoms with van der Waals surface area (Å²) in [6, 6.07) is 72.5. The molecule has 0 amide bonds. The van der Waals surface area contributed by atoms with E-state index in [9.17, 15) is 0 Å². The summed E-state index contributed by atoms with van der Waals surface area (Å²) in [5.41, 5.74) is 15.8. The molecule has 3 heteroatoms. The van der Waals surface area contributed by atoms with E-state index in [-0.39, 0.29) is 0 Å². The number of furan rings is 1. The molecule has 11 aromatic rings. The third kappa shape index (κ3) is 5.97. The van der Waals surface area contributed by atoms with Gasteiger partial charge < -0.3 is 13.9 Å². The Morgan fingerprint density at radius 3 is 1.89 bits per heavy atom. The van der Waals surface area contributed by atoms with Crippen LogP contribution in [0.3, 0.4) is 0 Å². The number of benzene rings is 9. The second-order valence-corrected chi connectivity index (χ2v) is 16.0. The van der Waals surface area contributed by atoms with Crippen molar-refractivity contribution in [1.82, 2.24) is 4.57 Å². The van der Waals surface area contributed by atoms with Crippen molar-refractivity contribution in [2.24, 2.45) is 0 Å². The topological polar surface area (TPSA) is 21.3 Å². The number of rotatable bonds is 7. The zero-order valence-electron chi connectivity index (χ0n) is 33.5. The van der Waals surface area contributed by atoms with E-state index in [4.69, 9.17) is 4.42 Å². The normalized spacial score (nSPS) is 12.8. The van der Waals surface area contributed by atoms with Crippen LogP contribution in [0.1, 0.15) is 18.4 Å². The standard InChI is InChI=1S/C58H40N2O/c1-2-12-39(13-3-1)40-24-31-45(32-25-40)59(48-16-10-15-44(38-48)50-20-11-23-56-58(50)52-19-7-9-22-55(52)61-56)46-33-26-41(27-34-46)42-28-35-47(36-29-42)60-53-21-8-6-18-51(53)57-49-17-5-4-14-43(49)30-37-54(57)60/h2,4-38H,1,3H2. The van der Waals surface area contributed by atoms with Gasteiger partial charge in [-0.2, -0.15) is 0 Å². The van der Waals surface area contributed by atoms with Gasteiger partial charge in [-0.3, -0.25) is 0 Å². The van der Waals surface area contributed by atoms with E-state index in [0.29, 0.717) is 0 Å². The van der Waals surface area contributed by atoms with E-state index in [0.717, 1.165) is 68.7 Å². The lowest BCUT2D eigenvalue weighted by Gasteiger charge is -2.26. The average molecular weight is 781 g/mol. The van der Waals surface area contributed by atoms with Crippen LogP contribution in [0.5, 0.6) is 0 Å². The molecule has 0 fully saturated rings. The number of fused-ring (bicyclic) bond motifs is 8. The maximum absolute atomic E-state index is 6.29. The van der Waals surface area contributed by atoms with E-state index in [1.165, 1.54) is 54.8 Å². The average Bonchev–Trinajstić information content (AvgIpc) is 3.89. The molecule has 1 aliphatic carbocycles. The summed E-state index contributed by atoms with van der Waals surface area (Å²) in [6.45, 7) is 0. The molecule has 2 aromatic heterocycles. The van der Waals surface area contributed by atoms with Crippen LogP contribution in [-0.2, 0) is 0 Å². The molecule has 0 bridgehead atoms. The van der Waals surface area contributed by atoms with Gasteiger partial charge in [-0.15, -0.1) is 0 Å². The summed E-state index contributed by atoms with van der Waals surface area (Å²) < 4.78 is 8.69. The number of aromatic nitrogens is 1. The number of nitrogens with zero attached hydrogens (tertiary/aromatic N) is 2. The van der Waals surface area contributed by atoms with Crippen molar-refractivity contribution in [1.29, 1.82) is 0 Å². The highest BCUT2D eigenvalue weighted by Gasteiger charge is 2.18. The van der Waals surface area contributed by atoms with Gasteiger partial charge in [0.15, 0.2) is 0 Å². The van der Waals surface area contributed by atoms with Crippen molar-refractivity contribution in [3.8, 4) is 27.9 Å². The maximum Gasteiger partial charge on any atom is 0.136 e. The lowest BCUT2D eigenvalue weighted by atomic mass is 9.98. The monoisotopic (exact) mass is 780 g/mol. The van der Waals surface area contributed by atoms with Crippen molar-refractivity contribution in [2.75, 3.05) is 4.90 Å². The predicted molar refractivity (Wildman–Crippen MR) is 257 cm³/mol. The summed E-state index contributed by atoms with van der Waals surface area (Å²) in [4.78, 5) is 2.37. The van der Waals surface area contributed by atoms with Gasteiger partial charge in [-0.1, -0.05) is 146 Å². The van der Waals surface area contributed by atoms with Crippen LogP contribution in [0.2, 0.25) is 0 Å².